The van der Waals surface area contributed by atoms with Crippen LogP contribution in [0.5, 0.6) is 0 Å². The quantitative estimate of drug-likeness (QED) is 0.721. The van der Waals surface area contributed by atoms with E-state index >= 15 is 0 Å². The molecule has 96 valence electrons. The molecule has 0 aliphatic heterocycles. The third-order valence-electron chi connectivity index (χ3n) is 6.37. The Kier molecular flexibility index (Phi) is 2.85. The van der Waals surface area contributed by atoms with Crippen LogP contribution in [0.1, 0.15) is 51.9 Å². The predicted molar refractivity (Wildman–Crippen MR) is 70.6 cm³/mol. The number of fused-ring (bicyclic) bond motifs is 2. The summed E-state index contributed by atoms with van der Waals surface area (Å²) in [4.78, 5) is 0. The molecule has 2 bridgehead atoms. The molecule has 0 heterocycles. The van der Waals surface area contributed by atoms with E-state index in [-0.39, 0.29) is 0 Å². The van der Waals surface area contributed by atoms with E-state index in [1.807, 2.05) is 0 Å². The standard InChI is InChI=1S/C16H26O/c1-11-15-9-14(8-12(15)10-17)16(11,2)13-6-4-3-5-7-13/h12-15,17H,1,3-10H2,2H3. The Hall–Kier alpha value is -0.300. The number of aliphatic hydroxyl groups excluding tert-OH is 1. The summed E-state index contributed by atoms with van der Waals surface area (Å²) in [5.41, 5.74) is 1.91. The molecule has 4 unspecified atom stereocenters. The van der Waals surface area contributed by atoms with Crippen LogP contribution in [0.4, 0.5) is 0 Å². The monoisotopic (exact) mass is 234 g/mol. The minimum absolute atomic E-state index is 0.376. The van der Waals surface area contributed by atoms with E-state index in [1.54, 1.807) is 0 Å². The summed E-state index contributed by atoms with van der Waals surface area (Å²) in [5, 5.41) is 9.45. The van der Waals surface area contributed by atoms with Crippen LogP contribution in [0.3, 0.4) is 0 Å². The Bertz CT molecular complexity index is 315. The smallest absolute Gasteiger partial charge is 0.0465 e. The molecule has 3 rings (SSSR count). The molecule has 0 aromatic carbocycles. The Morgan fingerprint density at radius 2 is 1.88 bits per heavy atom. The lowest BCUT2D eigenvalue weighted by atomic mass is 9.59. The van der Waals surface area contributed by atoms with Gasteiger partial charge in [0, 0.05) is 6.61 Å². The maximum absolute atomic E-state index is 9.45. The first-order chi connectivity index (χ1) is 8.17. The molecule has 3 aliphatic rings. The topological polar surface area (TPSA) is 20.2 Å². The van der Waals surface area contributed by atoms with Crippen molar-refractivity contribution in [2.45, 2.75) is 51.9 Å². The molecule has 0 aromatic rings. The van der Waals surface area contributed by atoms with Crippen LogP contribution < -0.4 is 0 Å². The summed E-state index contributed by atoms with van der Waals surface area (Å²) in [6.45, 7) is 7.32. The average molecular weight is 234 g/mol. The number of aliphatic hydroxyl groups is 1. The van der Waals surface area contributed by atoms with Crippen LogP contribution in [0, 0.1) is 29.1 Å². The molecule has 1 nitrogen and oxygen atoms in total. The zero-order valence-corrected chi connectivity index (χ0v) is 11.1. The van der Waals surface area contributed by atoms with Crippen LogP contribution in [0.25, 0.3) is 0 Å². The van der Waals surface area contributed by atoms with Crippen molar-refractivity contribution in [1.29, 1.82) is 0 Å². The van der Waals surface area contributed by atoms with Gasteiger partial charge in [-0.05, 0) is 54.8 Å². The first-order valence-corrected chi connectivity index (χ1v) is 7.48. The molecule has 3 fully saturated rings. The summed E-state index contributed by atoms with van der Waals surface area (Å²) in [6, 6.07) is 0. The van der Waals surface area contributed by atoms with Gasteiger partial charge >= 0.3 is 0 Å². The zero-order valence-electron chi connectivity index (χ0n) is 11.1. The van der Waals surface area contributed by atoms with Gasteiger partial charge in [-0.25, -0.2) is 0 Å². The van der Waals surface area contributed by atoms with Crippen LogP contribution in [0.15, 0.2) is 12.2 Å². The third kappa shape index (κ3) is 1.54. The van der Waals surface area contributed by atoms with Crippen LogP contribution >= 0.6 is 0 Å². The largest absolute Gasteiger partial charge is 0.396 e. The normalized spacial score (nSPS) is 46.7. The van der Waals surface area contributed by atoms with Crippen molar-refractivity contribution in [3.8, 4) is 0 Å². The molecule has 0 aromatic heterocycles. The van der Waals surface area contributed by atoms with E-state index in [0.717, 1.165) is 11.8 Å². The van der Waals surface area contributed by atoms with Crippen molar-refractivity contribution in [3.05, 3.63) is 12.2 Å². The number of allylic oxidation sites excluding steroid dienone is 1. The van der Waals surface area contributed by atoms with E-state index in [4.69, 9.17) is 0 Å². The van der Waals surface area contributed by atoms with Crippen LogP contribution in [-0.2, 0) is 0 Å². The van der Waals surface area contributed by atoms with Crippen LogP contribution in [0.2, 0.25) is 0 Å². The molecular weight excluding hydrogens is 208 g/mol. The van der Waals surface area contributed by atoms with Crippen molar-refractivity contribution in [1.82, 2.24) is 0 Å². The van der Waals surface area contributed by atoms with E-state index in [1.165, 1.54) is 50.5 Å². The number of hydrogen-bond donors (Lipinski definition) is 1. The Labute approximate surface area is 105 Å². The fourth-order valence-corrected chi connectivity index (χ4v) is 5.20. The molecule has 1 heteroatoms. The van der Waals surface area contributed by atoms with Gasteiger partial charge in [-0.1, -0.05) is 38.3 Å². The van der Waals surface area contributed by atoms with Crippen molar-refractivity contribution in [2.75, 3.05) is 6.61 Å². The highest BCUT2D eigenvalue weighted by molar-refractivity contribution is 5.27. The fraction of sp³-hybridized carbons (Fsp3) is 0.875. The minimum atomic E-state index is 0.376. The minimum Gasteiger partial charge on any atom is -0.396 e. The molecule has 3 aliphatic carbocycles. The highest BCUT2D eigenvalue weighted by atomic mass is 16.3. The van der Waals surface area contributed by atoms with Gasteiger partial charge in [-0.15, -0.1) is 0 Å². The summed E-state index contributed by atoms with van der Waals surface area (Å²) in [7, 11) is 0. The van der Waals surface area contributed by atoms with Gasteiger partial charge in [0.15, 0.2) is 0 Å². The second-order valence-corrected chi connectivity index (χ2v) is 6.86. The van der Waals surface area contributed by atoms with Gasteiger partial charge in [0.2, 0.25) is 0 Å². The molecule has 3 saturated carbocycles. The van der Waals surface area contributed by atoms with Gasteiger partial charge in [-0.2, -0.15) is 0 Å². The maximum atomic E-state index is 9.45. The highest BCUT2D eigenvalue weighted by Gasteiger charge is 2.57. The molecule has 1 N–H and O–H groups in total. The SMILES string of the molecule is C=C1C2CC(CC2CO)C1(C)C1CCCCC1. The van der Waals surface area contributed by atoms with Gasteiger partial charge < -0.3 is 5.11 Å². The molecule has 4 atom stereocenters. The van der Waals surface area contributed by atoms with Crippen molar-refractivity contribution >= 4 is 0 Å². The van der Waals surface area contributed by atoms with E-state index < -0.39 is 0 Å². The second kappa shape index (κ2) is 4.12. The van der Waals surface area contributed by atoms with E-state index in [2.05, 4.69) is 13.5 Å². The summed E-state index contributed by atoms with van der Waals surface area (Å²) in [6.07, 6.45) is 9.70. The van der Waals surface area contributed by atoms with Gasteiger partial charge in [0.05, 0.1) is 0 Å². The highest BCUT2D eigenvalue weighted by Crippen LogP contribution is 2.65. The van der Waals surface area contributed by atoms with E-state index in [9.17, 15) is 5.11 Å². The van der Waals surface area contributed by atoms with Gasteiger partial charge in [-0.3, -0.25) is 0 Å². The van der Waals surface area contributed by atoms with Crippen molar-refractivity contribution < 1.29 is 5.11 Å². The lowest BCUT2D eigenvalue weighted by Crippen LogP contribution is -2.38. The van der Waals surface area contributed by atoms with Crippen molar-refractivity contribution in [3.63, 3.8) is 0 Å². The average Bonchev–Trinajstić information content (AvgIpc) is 2.90. The molecule has 0 radical (unpaired) electrons. The number of rotatable bonds is 2. The first-order valence-electron chi connectivity index (χ1n) is 7.48. The Morgan fingerprint density at radius 1 is 1.18 bits per heavy atom. The van der Waals surface area contributed by atoms with Gasteiger partial charge in [0.1, 0.15) is 0 Å². The summed E-state index contributed by atoms with van der Waals surface area (Å²) < 4.78 is 0. The molecular formula is C16H26O. The molecule has 0 saturated heterocycles. The molecule has 17 heavy (non-hydrogen) atoms. The fourth-order valence-electron chi connectivity index (χ4n) is 5.20. The number of hydrogen-bond acceptors (Lipinski definition) is 1. The second-order valence-electron chi connectivity index (χ2n) is 6.86. The lowest BCUT2D eigenvalue weighted by Gasteiger charge is -2.46. The van der Waals surface area contributed by atoms with Gasteiger partial charge in [0.25, 0.3) is 0 Å². The maximum Gasteiger partial charge on any atom is 0.0465 e. The Morgan fingerprint density at radius 3 is 2.47 bits per heavy atom. The molecule has 0 spiro atoms. The first kappa shape index (κ1) is 11.8. The van der Waals surface area contributed by atoms with Crippen LogP contribution in [-0.4, -0.2) is 11.7 Å². The summed E-state index contributed by atoms with van der Waals surface area (Å²) in [5.74, 6) is 2.87. The zero-order chi connectivity index (χ0) is 12.0. The summed E-state index contributed by atoms with van der Waals surface area (Å²) >= 11 is 0. The van der Waals surface area contributed by atoms with Crippen molar-refractivity contribution in [2.24, 2.45) is 29.1 Å². The predicted octanol–water partition coefficient (Wildman–Crippen LogP) is 3.78. The van der Waals surface area contributed by atoms with E-state index in [0.29, 0.717) is 23.9 Å². The Balaban J connectivity index is 1.82. The molecule has 0 amide bonds. The third-order valence-corrected chi connectivity index (χ3v) is 6.37. The lowest BCUT2D eigenvalue weighted by molar-refractivity contribution is 0.0869.